The number of amidine groups is 1. The standard InChI is InChI=1S/C36H41N7O5/c1-36(35(47)43-18-8-9-19-43,23-41(2)31(44)21-32(45)48-4)26-14-17-29-28(20-26)39-30(42(29)3)22-38-27-15-12-24(13-16-27)33(37)40-34(46)25-10-6-5-7-11-25/h5-7,10-17,20,38H,8-9,18-19,21-23H2,1-4H3,(H2,37,40,46). The predicted octanol–water partition coefficient (Wildman–Crippen LogP) is 3.84. The van der Waals surface area contributed by atoms with E-state index in [2.05, 4.69) is 15.4 Å². The van der Waals surface area contributed by atoms with Crippen molar-refractivity contribution in [2.24, 2.45) is 7.05 Å². The van der Waals surface area contributed by atoms with Crippen molar-refractivity contribution in [3.63, 3.8) is 0 Å². The largest absolute Gasteiger partial charge is 0.469 e. The number of ether oxygens (including phenoxy) is 1. The number of likely N-dealkylation sites (tertiary alicyclic amines) is 1. The molecule has 3 amide bonds. The van der Waals surface area contributed by atoms with Crippen LogP contribution < -0.4 is 10.6 Å². The van der Waals surface area contributed by atoms with Gasteiger partial charge in [0, 0.05) is 50.5 Å². The molecule has 12 nitrogen and oxygen atoms in total. The van der Waals surface area contributed by atoms with Crippen LogP contribution >= 0.6 is 0 Å². The maximum atomic E-state index is 14.0. The minimum absolute atomic E-state index is 0.01000. The van der Waals surface area contributed by atoms with E-state index in [9.17, 15) is 19.2 Å². The fourth-order valence-electron chi connectivity index (χ4n) is 5.98. The number of carbonyl (C=O) groups excluding carboxylic acids is 4. The van der Waals surface area contributed by atoms with Crippen LogP contribution in [0.5, 0.6) is 0 Å². The van der Waals surface area contributed by atoms with Gasteiger partial charge < -0.3 is 29.7 Å². The smallest absolute Gasteiger partial charge is 0.315 e. The first-order chi connectivity index (χ1) is 23.0. The second-order valence-electron chi connectivity index (χ2n) is 12.3. The molecule has 1 fully saturated rings. The number of aryl methyl sites for hydroxylation is 1. The first-order valence-electron chi connectivity index (χ1n) is 15.9. The molecule has 1 atom stereocenters. The first-order valence-corrected chi connectivity index (χ1v) is 15.9. The van der Waals surface area contributed by atoms with E-state index in [0.717, 1.165) is 35.4 Å². The van der Waals surface area contributed by atoms with Gasteiger partial charge in [0.2, 0.25) is 11.8 Å². The molecular formula is C36H41N7O5. The lowest BCUT2D eigenvalue weighted by Gasteiger charge is -2.36. The molecule has 2 heterocycles. The summed E-state index contributed by atoms with van der Waals surface area (Å²) in [5, 5.41) is 14.3. The van der Waals surface area contributed by atoms with Crippen LogP contribution in [0, 0.1) is 5.41 Å². The molecule has 4 aromatic rings. The molecule has 48 heavy (non-hydrogen) atoms. The molecule has 0 bridgehead atoms. The number of amides is 3. The third-order valence-corrected chi connectivity index (χ3v) is 8.88. The predicted molar refractivity (Wildman–Crippen MR) is 183 cm³/mol. The maximum absolute atomic E-state index is 14.0. The summed E-state index contributed by atoms with van der Waals surface area (Å²) in [5.41, 5.74) is 3.15. The average molecular weight is 652 g/mol. The van der Waals surface area contributed by atoms with Gasteiger partial charge in [0.1, 0.15) is 18.1 Å². The second-order valence-corrected chi connectivity index (χ2v) is 12.3. The highest BCUT2D eigenvalue weighted by Crippen LogP contribution is 2.32. The molecule has 12 heteroatoms. The summed E-state index contributed by atoms with van der Waals surface area (Å²) in [6, 6.07) is 21.7. The van der Waals surface area contributed by atoms with Crippen molar-refractivity contribution in [2.75, 3.05) is 39.1 Å². The Morgan fingerprint density at radius 3 is 2.33 bits per heavy atom. The number of anilines is 1. The molecule has 250 valence electrons. The second kappa shape index (κ2) is 14.5. The molecule has 1 unspecified atom stereocenters. The molecule has 0 spiro atoms. The summed E-state index contributed by atoms with van der Waals surface area (Å²) in [5.74, 6) is -0.670. The molecule has 1 aromatic heterocycles. The van der Waals surface area contributed by atoms with Crippen molar-refractivity contribution in [1.29, 1.82) is 5.41 Å². The fraction of sp³-hybridized carbons (Fsp3) is 0.333. The number of aromatic nitrogens is 2. The van der Waals surface area contributed by atoms with Gasteiger partial charge in [-0.15, -0.1) is 0 Å². The van der Waals surface area contributed by atoms with E-state index in [1.807, 2.05) is 59.8 Å². The third kappa shape index (κ3) is 7.38. The van der Waals surface area contributed by atoms with Gasteiger partial charge in [0.25, 0.3) is 5.91 Å². The summed E-state index contributed by atoms with van der Waals surface area (Å²) in [6.45, 7) is 3.68. The van der Waals surface area contributed by atoms with Gasteiger partial charge in [-0.05, 0) is 73.9 Å². The molecule has 3 N–H and O–H groups in total. The van der Waals surface area contributed by atoms with E-state index < -0.39 is 23.7 Å². The van der Waals surface area contributed by atoms with E-state index in [0.29, 0.717) is 36.3 Å². The highest BCUT2D eigenvalue weighted by atomic mass is 16.5. The van der Waals surface area contributed by atoms with Crippen LogP contribution in [0.3, 0.4) is 0 Å². The third-order valence-electron chi connectivity index (χ3n) is 8.88. The van der Waals surface area contributed by atoms with Crippen molar-refractivity contribution in [3.8, 4) is 0 Å². The Morgan fingerprint density at radius 1 is 0.979 bits per heavy atom. The summed E-state index contributed by atoms with van der Waals surface area (Å²) in [4.78, 5) is 59.1. The van der Waals surface area contributed by atoms with E-state index in [1.54, 1.807) is 43.4 Å². The molecule has 0 saturated carbocycles. The lowest BCUT2D eigenvalue weighted by molar-refractivity contribution is -0.147. The number of fused-ring (bicyclic) bond motifs is 1. The molecule has 0 radical (unpaired) electrons. The molecule has 0 aliphatic carbocycles. The zero-order valence-electron chi connectivity index (χ0n) is 27.7. The Balaban J connectivity index is 1.31. The SMILES string of the molecule is COC(=O)CC(=O)N(C)CC(C)(C(=O)N1CCCC1)c1ccc2c(c1)nc(CNc1ccc(C(=N)NC(=O)c3ccccc3)cc1)n2C. The highest BCUT2D eigenvalue weighted by molar-refractivity contribution is 6.11. The average Bonchev–Trinajstić information content (AvgIpc) is 3.75. The Morgan fingerprint density at radius 2 is 1.67 bits per heavy atom. The molecule has 1 aliphatic rings. The highest BCUT2D eigenvalue weighted by Gasteiger charge is 2.41. The van der Waals surface area contributed by atoms with Gasteiger partial charge in [-0.3, -0.25) is 24.6 Å². The minimum atomic E-state index is -1.06. The zero-order chi connectivity index (χ0) is 34.4. The number of imidazole rings is 1. The lowest BCUT2D eigenvalue weighted by atomic mass is 9.80. The van der Waals surface area contributed by atoms with Crippen molar-refractivity contribution >= 4 is 46.2 Å². The number of hydrogen-bond donors (Lipinski definition) is 3. The number of hydrogen-bond acceptors (Lipinski definition) is 8. The fourth-order valence-corrected chi connectivity index (χ4v) is 5.98. The molecule has 5 rings (SSSR count). The number of nitrogens with one attached hydrogen (secondary N) is 3. The number of esters is 1. The van der Waals surface area contributed by atoms with Crippen LogP contribution in [0.1, 0.15) is 53.5 Å². The number of carbonyl (C=O) groups is 4. The minimum Gasteiger partial charge on any atom is -0.469 e. The van der Waals surface area contributed by atoms with E-state index >= 15 is 0 Å². The van der Waals surface area contributed by atoms with E-state index in [-0.39, 0.29) is 24.2 Å². The Kier molecular flexibility index (Phi) is 10.2. The van der Waals surface area contributed by atoms with Crippen LogP contribution in [0.4, 0.5) is 5.69 Å². The van der Waals surface area contributed by atoms with Crippen molar-refractivity contribution in [3.05, 3.63) is 95.3 Å². The first kappa shape index (κ1) is 33.8. The van der Waals surface area contributed by atoms with E-state index in [1.165, 1.54) is 12.0 Å². The number of rotatable bonds is 11. The summed E-state index contributed by atoms with van der Waals surface area (Å²) >= 11 is 0. The van der Waals surface area contributed by atoms with Crippen molar-refractivity contribution in [1.82, 2.24) is 24.7 Å². The summed E-state index contributed by atoms with van der Waals surface area (Å²) < 4.78 is 6.65. The zero-order valence-corrected chi connectivity index (χ0v) is 27.7. The lowest BCUT2D eigenvalue weighted by Crippen LogP contribution is -2.51. The van der Waals surface area contributed by atoms with Crippen molar-refractivity contribution < 1.29 is 23.9 Å². The van der Waals surface area contributed by atoms with Gasteiger partial charge >= 0.3 is 5.97 Å². The molecule has 1 saturated heterocycles. The van der Waals surface area contributed by atoms with Crippen LogP contribution in [0.25, 0.3) is 11.0 Å². The monoisotopic (exact) mass is 651 g/mol. The van der Waals surface area contributed by atoms with Gasteiger partial charge in [-0.1, -0.05) is 24.3 Å². The Labute approximate surface area is 279 Å². The molecule has 3 aromatic carbocycles. The number of nitrogens with zero attached hydrogens (tertiary/aromatic N) is 4. The van der Waals surface area contributed by atoms with Crippen LogP contribution in [0.15, 0.2) is 72.8 Å². The molecule has 1 aliphatic heterocycles. The van der Waals surface area contributed by atoms with Crippen LogP contribution in [-0.2, 0) is 38.1 Å². The normalized spacial score (nSPS) is 13.9. The molecular weight excluding hydrogens is 610 g/mol. The summed E-state index contributed by atoms with van der Waals surface area (Å²) in [6.07, 6.45) is 1.47. The van der Waals surface area contributed by atoms with E-state index in [4.69, 9.17) is 10.4 Å². The van der Waals surface area contributed by atoms with Gasteiger partial charge in [-0.25, -0.2) is 4.98 Å². The summed E-state index contributed by atoms with van der Waals surface area (Å²) in [7, 11) is 4.77. The van der Waals surface area contributed by atoms with Gasteiger partial charge in [0.05, 0.1) is 30.1 Å². The Bertz CT molecular complexity index is 1830. The number of likely N-dealkylation sites (N-methyl/N-ethyl adjacent to an activating group) is 1. The maximum Gasteiger partial charge on any atom is 0.315 e. The topological polar surface area (TPSA) is 150 Å². The van der Waals surface area contributed by atoms with Gasteiger partial charge in [-0.2, -0.15) is 0 Å². The van der Waals surface area contributed by atoms with Gasteiger partial charge in [0.15, 0.2) is 0 Å². The number of benzene rings is 3. The van der Waals surface area contributed by atoms with Crippen LogP contribution in [-0.4, -0.2) is 82.7 Å². The van der Waals surface area contributed by atoms with Crippen LogP contribution in [0.2, 0.25) is 0 Å². The number of methoxy groups -OCH3 is 1. The Hall–Kier alpha value is -5.52. The van der Waals surface area contributed by atoms with Crippen molar-refractivity contribution in [2.45, 2.75) is 38.1 Å². The quantitative estimate of drug-likeness (QED) is 0.0966.